The molecule has 0 saturated heterocycles. The fourth-order valence-electron chi connectivity index (χ4n) is 4.09. The molecular formula is C21H21ClN4O4S. The number of H-pyrrole nitrogens is 1. The van der Waals surface area contributed by atoms with Gasteiger partial charge < -0.3 is 26.0 Å². The normalized spacial score (nSPS) is 18.5. The standard InChI is InChI=1S/C21H21ClN4O4S/c1-26(21(30)15(27)9-17(23)28)18-12-5-3-2-4-10(12)6-13(18)24-19(29)14-7-11-8-16(22)31-20(11)25-14/h2-5,7-8,13,15,18,25,27H,6,9H2,1H3,(H2,23,28)(H,24,29)/t13-,15+,18-/m1/s1. The molecular weight excluding hydrogens is 440 g/mol. The molecule has 8 nitrogen and oxygen atoms in total. The molecule has 2 aromatic heterocycles. The van der Waals surface area contributed by atoms with E-state index in [1.54, 1.807) is 19.2 Å². The van der Waals surface area contributed by atoms with E-state index in [9.17, 15) is 19.5 Å². The maximum atomic E-state index is 12.9. The Morgan fingerprint density at radius 1 is 1.35 bits per heavy atom. The Hall–Kier alpha value is -2.88. The van der Waals surface area contributed by atoms with Gasteiger partial charge in [-0.3, -0.25) is 14.4 Å². The summed E-state index contributed by atoms with van der Waals surface area (Å²) in [6.07, 6.45) is -1.47. The van der Waals surface area contributed by atoms with Crippen LogP contribution >= 0.6 is 22.9 Å². The molecule has 0 saturated carbocycles. The number of rotatable bonds is 6. The number of hydrogen-bond donors (Lipinski definition) is 4. The Morgan fingerprint density at radius 3 is 2.81 bits per heavy atom. The zero-order valence-corrected chi connectivity index (χ0v) is 18.2. The molecule has 0 radical (unpaired) electrons. The molecule has 3 amide bonds. The second-order valence-electron chi connectivity index (χ2n) is 7.58. The predicted octanol–water partition coefficient (Wildman–Crippen LogP) is 1.97. The van der Waals surface area contributed by atoms with Crippen molar-refractivity contribution in [2.24, 2.45) is 5.73 Å². The summed E-state index contributed by atoms with van der Waals surface area (Å²) in [5, 5.41) is 14.0. The average Bonchev–Trinajstić information content (AvgIpc) is 3.36. The third-order valence-electron chi connectivity index (χ3n) is 5.48. The van der Waals surface area contributed by atoms with Crippen LogP contribution in [0.25, 0.3) is 10.2 Å². The third-order valence-corrected chi connectivity index (χ3v) is 6.67. The monoisotopic (exact) mass is 460 g/mol. The number of hydrogen-bond acceptors (Lipinski definition) is 5. The molecule has 1 aromatic carbocycles. The number of primary amides is 1. The van der Waals surface area contributed by atoms with Gasteiger partial charge in [0.15, 0.2) is 0 Å². The summed E-state index contributed by atoms with van der Waals surface area (Å²) >= 11 is 7.35. The molecule has 0 unspecified atom stereocenters. The van der Waals surface area contributed by atoms with E-state index < -0.39 is 36.4 Å². The lowest BCUT2D eigenvalue weighted by atomic mass is 10.0. The maximum Gasteiger partial charge on any atom is 0.268 e. The number of likely N-dealkylation sites (N-methyl/N-ethyl adjacent to an activating group) is 1. The number of nitrogens with one attached hydrogen (secondary N) is 2. The number of carbonyl (C=O) groups excluding carboxylic acids is 3. The van der Waals surface area contributed by atoms with Gasteiger partial charge in [0.05, 0.1) is 22.8 Å². The van der Waals surface area contributed by atoms with Crippen molar-refractivity contribution in [2.75, 3.05) is 7.05 Å². The van der Waals surface area contributed by atoms with Crippen LogP contribution in [0.4, 0.5) is 0 Å². The van der Waals surface area contributed by atoms with E-state index in [2.05, 4.69) is 10.3 Å². The third kappa shape index (κ3) is 4.16. The van der Waals surface area contributed by atoms with Crippen LogP contribution < -0.4 is 11.1 Å². The van der Waals surface area contributed by atoms with Crippen LogP contribution in [0.2, 0.25) is 4.34 Å². The molecule has 162 valence electrons. The zero-order valence-electron chi connectivity index (χ0n) is 16.6. The first-order valence-corrected chi connectivity index (χ1v) is 10.8. The highest BCUT2D eigenvalue weighted by molar-refractivity contribution is 7.22. The predicted molar refractivity (Wildman–Crippen MR) is 118 cm³/mol. The Labute approximate surface area is 187 Å². The van der Waals surface area contributed by atoms with Crippen LogP contribution in [-0.4, -0.2) is 51.9 Å². The summed E-state index contributed by atoms with van der Waals surface area (Å²) in [5.74, 6) is -1.70. The van der Waals surface area contributed by atoms with Gasteiger partial charge in [-0.1, -0.05) is 35.9 Å². The van der Waals surface area contributed by atoms with Crippen LogP contribution in [0.5, 0.6) is 0 Å². The Morgan fingerprint density at radius 2 is 2.10 bits per heavy atom. The van der Waals surface area contributed by atoms with Gasteiger partial charge in [-0.05, 0) is 29.7 Å². The lowest BCUT2D eigenvalue weighted by Crippen LogP contribution is -2.48. The van der Waals surface area contributed by atoms with Crippen LogP contribution in [0, 0.1) is 0 Å². The van der Waals surface area contributed by atoms with Gasteiger partial charge >= 0.3 is 0 Å². The number of nitrogens with two attached hydrogens (primary N) is 1. The smallest absolute Gasteiger partial charge is 0.268 e. The number of aliphatic hydroxyl groups is 1. The van der Waals surface area contributed by atoms with Gasteiger partial charge in [-0.2, -0.15) is 0 Å². The topological polar surface area (TPSA) is 129 Å². The molecule has 31 heavy (non-hydrogen) atoms. The van der Waals surface area contributed by atoms with Gasteiger partial charge in [-0.15, -0.1) is 11.3 Å². The average molecular weight is 461 g/mol. The zero-order chi connectivity index (χ0) is 22.3. The second kappa shape index (κ2) is 8.33. The van der Waals surface area contributed by atoms with Gasteiger partial charge in [0.1, 0.15) is 16.6 Å². The molecule has 10 heteroatoms. The van der Waals surface area contributed by atoms with E-state index in [1.807, 2.05) is 24.3 Å². The number of benzene rings is 1. The van der Waals surface area contributed by atoms with Crippen LogP contribution in [0.15, 0.2) is 36.4 Å². The quantitative estimate of drug-likeness (QED) is 0.448. The number of aliphatic hydroxyl groups excluding tert-OH is 1. The Balaban J connectivity index is 1.58. The first kappa shape index (κ1) is 21.4. The summed E-state index contributed by atoms with van der Waals surface area (Å²) < 4.78 is 0.633. The molecule has 3 atom stereocenters. The van der Waals surface area contributed by atoms with E-state index in [-0.39, 0.29) is 5.91 Å². The number of nitrogens with zero attached hydrogens (tertiary/aromatic N) is 1. The molecule has 5 N–H and O–H groups in total. The van der Waals surface area contributed by atoms with Gasteiger partial charge in [0, 0.05) is 12.4 Å². The summed E-state index contributed by atoms with van der Waals surface area (Å²) in [7, 11) is 1.55. The van der Waals surface area contributed by atoms with Crippen molar-refractivity contribution < 1.29 is 19.5 Å². The highest BCUT2D eigenvalue weighted by Crippen LogP contribution is 2.36. The molecule has 0 fully saturated rings. The number of fused-ring (bicyclic) bond motifs is 2. The fraction of sp³-hybridized carbons (Fsp3) is 0.286. The molecule has 0 spiro atoms. The van der Waals surface area contributed by atoms with Crippen molar-refractivity contribution in [2.45, 2.75) is 31.0 Å². The van der Waals surface area contributed by atoms with Crippen molar-refractivity contribution in [3.05, 3.63) is 57.6 Å². The number of amides is 3. The SMILES string of the molecule is CN(C(=O)[C@@H](O)CC(N)=O)[C@@H]1c2ccccc2C[C@H]1NC(=O)c1cc2cc(Cl)sc2[nH]1. The van der Waals surface area contributed by atoms with E-state index in [0.717, 1.165) is 21.3 Å². The minimum absolute atomic E-state index is 0.305. The molecule has 0 bridgehead atoms. The number of aromatic amines is 1. The minimum Gasteiger partial charge on any atom is -0.383 e. The number of carbonyl (C=O) groups is 3. The van der Waals surface area contributed by atoms with Crippen LogP contribution in [0.3, 0.4) is 0 Å². The highest BCUT2D eigenvalue weighted by atomic mass is 35.5. The van der Waals surface area contributed by atoms with Gasteiger partial charge in [-0.25, -0.2) is 0 Å². The minimum atomic E-state index is -1.54. The van der Waals surface area contributed by atoms with Crippen molar-refractivity contribution in [3.8, 4) is 0 Å². The Kier molecular flexibility index (Phi) is 5.74. The van der Waals surface area contributed by atoms with Crippen molar-refractivity contribution in [3.63, 3.8) is 0 Å². The lowest BCUT2D eigenvalue weighted by Gasteiger charge is -2.32. The Bertz CT molecular complexity index is 1140. The molecule has 2 heterocycles. The first-order valence-electron chi connectivity index (χ1n) is 9.64. The van der Waals surface area contributed by atoms with E-state index in [0.29, 0.717) is 16.5 Å². The summed E-state index contributed by atoms with van der Waals surface area (Å²) in [5.41, 5.74) is 7.40. The van der Waals surface area contributed by atoms with Gasteiger partial charge in [0.25, 0.3) is 11.8 Å². The second-order valence-corrected chi connectivity index (χ2v) is 9.26. The number of aromatic nitrogens is 1. The van der Waals surface area contributed by atoms with E-state index in [1.165, 1.54) is 16.2 Å². The van der Waals surface area contributed by atoms with Crippen molar-refractivity contribution in [1.82, 2.24) is 15.2 Å². The maximum absolute atomic E-state index is 12.9. The molecule has 3 aromatic rings. The molecule has 1 aliphatic rings. The summed E-state index contributed by atoms with van der Waals surface area (Å²) in [6.45, 7) is 0. The highest BCUT2D eigenvalue weighted by Gasteiger charge is 2.39. The molecule has 1 aliphatic carbocycles. The lowest BCUT2D eigenvalue weighted by molar-refractivity contribution is -0.144. The fourth-order valence-corrected chi connectivity index (χ4v) is 5.22. The number of halogens is 1. The van der Waals surface area contributed by atoms with E-state index >= 15 is 0 Å². The van der Waals surface area contributed by atoms with E-state index in [4.69, 9.17) is 17.3 Å². The van der Waals surface area contributed by atoms with Crippen LogP contribution in [0.1, 0.15) is 34.1 Å². The molecule has 4 rings (SSSR count). The largest absolute Gasteiger partial charge is 0.383 e. The summed E-state index contributed by atoms with van der Waals surface area (Å²) in [6, 6.07) is 10.2. The summed E-state index contributed by atoms with van der Waals surface area (Å²) in [4.78, 5) is 42.0. The van der Waals surface area contributed by atoms with Crippen LogP contribution in [-0.2, 0) is 16.0 Å². The van der Waals surface area contributed by atoms with Gasteiger partial charge in [0.2, 0.25) is 5.91 Å². The number of thiophene rings is 1. The van der Waals surface area contributed by atoms with Crippen molar-refractivity contribution >= 4 is 50.9 Å². The van der Waals surface area contributed by atoms with Crippen molar-refractivity contribution in [1.29, 1.82) is 0 Å². The molecule has 0 aliphatic heterocycles. The first-order chi connectivity index (χ1) is 14.7.